The van der Waals surface area contributed by atoms with Gasteiger partial charge in [-0.2, -0.15) is 13.2 Å². The highest BCUT2D eigenvalue weighted by atomic mass is 19.4. The number of carboxylic acids is 1. The van der Waals surface area contributed by atoms with E-state index in [0.29, 0.717) is 29.2 Å². The molecule has 0 heterocycles. The number of carbonyl (C=O) groups is 3. The van der Waals surface area contributed by atoms with Crippen molar-refractivity contribution in [3.8, 4) is 5.75 Å². The minimum atomic E-state index is -5.08. The van der Waals surface area contributed by atoms with Gasteiger partial charge in [-0.25, -0.2) is 9.79 Å². The zero-order valence-electron chi connectivity index (χ0n) is 23.7. The van der Waals surface area contributed by atoms with Gasteiger partial charge >= 0.3 is 12.1 Å². The molecule has 4 aromatic rings. The van der Waals surface area contributed by atoms with Crippen LogP contribution in [0.1, 0.15) is 33.1 Å². The Hall–Kier alpha value is -5.85. The average Bonchev–Trinajstić information content (AvgIpc) is 3.03. The molecule has 10 nitrogen and oxygen atoms in total. The van der Waals surface area contributed by atoms with Crippen LogP contribution < -0.4 is 26.8 Å². The second kappa shape index (κ2) is 16.1. The molecule has 1 atom stereocenters. The van der Waals surface area contributed by atoms with Gasteiger partial charge < -0.3 is 31.9 Å². The van der Waals surface area contributed by atoms with Crippen molar-refractivity contribution in [3.63, 3.8) is 0 Å². The van der Waals surface area contributed by atoms with Crippen LogP contribution in [0.4, 0.5) is 18.9 Å². The van der Waals surface area contributed by atoms with Crippen molar-refractivity contribution in [3.05, 3.63) is 131 Å². The smallest absolute Gasteiger partial charge is 0.489 e. The van der Waals surface area contributed by atoms with Crippen molar-refractivity contribution in [1.82, 2.24) is 10.6 Å². The maximum Gasteiger partial charge on any atom is 0.490 e. The van der Waals surface area contributed by atoms with Crippen LogP contribution in [-0.4, -0.2) is 35.0 Å². The monoisotopic (exact) mass is 621 g/mol. The molecule has 45 heavy (non-hydrogen) atoms. The molecule has 0 saturated carbocycles. The fourth-order valence-electron chi connectivity index (χ4n) is 3.73. The summed E-state index contributed by atoms with van der Waals surface area (Å²) in [5.41, 5.74) is 14.4. The third kappa shape index (κ3) is 11.4. The number of nitrogens with zero attached hydrogens (tertiary/aromatic N) is 1. The van der Waals surface area contributed by atoms with E-state index in [-0.39, 0.29) is 24.3 Å². The number of aliphatic imine (C=N–C) groups is 1. The third-order valence-electron chi connectivity index (χ3n) is 5.94. The lowest BCUT2D eigenvalue weighted by atomic mass is 10.0. The topological polar surface area (TPSA) is 169 Å². The normalized spacial score (nSPS) is 11.2. The number of hydrogen-bond donors (Lipinski definition) is 5. The van der Waals surface area contributed by atoms with Crippen LogP contribution in [-0.2, 0) is 22.7 Å². The largest absolute Gasteiger partial charge is 0.490 e. The van der Waals surface area contributed by atoms with Crippen LogP contribution in [0.2, 0.25) is 0 Å². The van der Waals surface area contributed by atoms with Gasteiger partial charge in [0.1, 0.15) is 18.4 Å². The molecule has 7 N–H and O–H groups in total. The number of hydrogen-bond acceptors (Lipinski definition) is 5. The molecule has 0 aliphatic rings. The Morgan fingerprint density at radius 3 is 1.89 bits per heavy atom. The van der Waals surface area contributed by atoms with Gasteiger partial charge in [0.15, 0.2) is 5.96 Å². The van der Waals surface area contributed by atoms with E-state index < -0.39 is 18.2 Å². The first-order valence-corrected chi connectivity index (χ1v) is 13.3. The molecule has 13 heteroatoms. The first-order valence-electron chi connectivity index (χ1n) is 13.3. The van der Waals surface area contributed by atoms with Crippen molar-refractivity contribution >= 4 is 29.4 Å². The number of nitrogens with one attached hydrogen (secondary N) is 2. The molecule has 0 radical (unpaired) electrons. The number of guanidine groups is 1. The van der Waals surface area contributed by atoms with E-state index in [1.165, 1.54) is 0 Å². The summed E-state index contributed by atoms with van der Waals surface area (Å²) in [5.74, 6) is -2.82. The second-order valence-electron chi connectivity index (χ2n) is 9.34. The average molecular weight is 622 g/mol. The van der Waals surface area contributed by atoms with Gasteiger partial charge in [0.05, 0.1) is 5.69 Å². The highest BCUT2D eigenvalue weighted by Crippen LogP contribution is 2.21. The van der Waals surface area contributed by atoms with Gasteiger partial charge in [0.25, 0.3) is 5.91 Å². The summed E-state index contributed by atoms with van der Waals surface area (Å²) in [4.78, 5) is 39.1. The fourth-order valence-corrected chi connectivity index (χ4v) is 3.73. The lowest BCUT2D eigenvalue weighted by Crippen LogP contribution is -2.40. The number of amides is 2. The number of ether oxygens (including phenoxy) is 1. The molecule has 4 rings (SSSR count). The first kappa shape index (κ1) is 33.6. The number of aliphatic carboxylic acids is 1. The molecule has 0 fully saturated rings. The Morgan fingerprint density at radius 1 is 0.800 bits per heavy atom. The maximum absolute atomic E-state index is 13.3. The molecule has 0 saturated heterocycles. The Kier molecular flexibility index (Phi) is 12.1. The molecule has 0 aromatic heterocycles. The fraction of sp³-hybridized carbons (Fsp3) is 0.125. The number of benzene rings is 4. The summed E-state index contributed by atoms with van der Waals surface area (Å²) in [6.45, 7) is 0.688. The molecule has 234 valence electrons. The summed E-state index contributed by atoms with van der Waals surface area (Å²) in [7, 11) is 0. The Labute approximate surface area is 256 Å². The quantitative estimate of drug-likeness (QED) is 0.127. The van der Waals surface area contributed by atoms with E-state index in [4.69, 9.17) is 26.1 Å². The van der Waals surface area contributed by atoms with Crippen LogP contribution >= 0.6 is 0 Å². The van der Waals surface area contributed by atoms with Crippen molar-refractivity contribution < 1.29 is 37.4 Å². The number of halogens is 3. The standard InChI is InChI=1S/C30H29N5O3.C2HF3O2/c31-30(32)34-25-15-11-21(12-16-25)19-33-29(37)27(35-28(36)24-9-5-2-6-10-24)23-13-17-26(18-14-23)38-20-22-7-3-1-4-8-22;3-2(4,5)1(6)7/h1-18,27H,19-20H2,(H,33,37)(H,35,36)(H4,31,32,34);(H,6,7)/t27-;/m0./s1. The summed E-state index contributed by atoms with van der Waals surface area (Å²) in [5, 5.41) is 12.9. The van der Waals surface area contributed by atoms with Crippen LogP contribution in [0, 0.1) is 0 Å². The predicted molar refractivity (Wildman–Crippen MR) is 161 cm³/mol. The Morgan fingerprint density at radius 2 is 1.36 bits per heavy atom. The molecular weight excluding hydrogens is 591 g/mol. The van der Waals surface area contributed by atoms with Crippen LogP contribution in [0.15, 0.2) is 114 Å². The predicted octanol–water partition coefficient (Wildman–Crippen LogP) is 4.59. The number of carbonyl (C=O) groups excluding carboxylic acids is 2. The lowest BCUT2D eigenvalue weighted by Gasteiger charge is -2.19. The summed E-state index contributed by atoms with van der Waals surface area (Å²) < 4.78 is 37.6. The zero-order valence-corrected chi connectivity index (χ0v) is 23.7. The van der Waals surface area contributed by atoms with Gasteiger partial charge in [-0.3, -0.25) is 9.59 Å². The van der Waals surface area contributed by atoms with E-state index >= 15 is 0 Å². The summed E-state index contributed by atoms with van der Waals surface area (Å²) >= 11 is 0. The van der Waals surface area contributed by atoms with Crippen molar-refractivity contribution in [2.45, 2.75) is 25.4 Å². The van der Waals surface area contributed by atoms with Crippen molar-refractivity contribution in [2.75, 3.05) is 0 Å². The van der Waals surface area contributed by atoms with Gasteiger partial charge in [0.2, 0.25) is 5.91 Å². The first-order chi connectivity index (χ1) is 21.4. The SMILES string of the molecule is NC(N)=Nc1ccc(CNC(=O)[C@@H](NC(=O)c2ccccc2)c2ccc(OCc3ccccc3)cc2)cc1.O=C(O)C(F)(F)F. The molecule has 4 aromatic carbocycles. The van der Waals surface area contributed by atoms with Crippen molar-refractivity contribution in [1.29, 1.82) is 0 Å². The number of rotatable bonds is 10. The van der Waals surface area contributed by atoms with E-state index in [9.17, 15) is 22.8 Å². The summed E-state index contributed by atoms with van der Waals surface area (Å²) in [6.07, 6.45) is -5.08. The molecule has 0 unspecified atom stereocenters. The lowest BCUT2D eigenvalue weighted by molar-refractivity contribution is -0.192. The van der Waals surface area contributed by atoms with E-state index in [2.05, 4.69) is 15.6 Å². The van der Waals surface area contributed by atoms with Gasteiger partial charge in [-0.05, 0) is 53.1 Å². The number of alkyl halides is 3. The molecule has 0 spiro atoms. The number of nitrogens with two attached hydrogens (primary N) is 2. The number of carboxylic acid groups (broad SMARTS) is 1. The second-order valence-corrected chi connectivity index (χ2v) is 9.34. The molecule has 0 aliphatic heterocycles. The van der Waals surface area contributed by atoms with Crippen molar-refractivity contribution in [2.24, 2.45) is 16.5 Å². The van der Waals surface area contributed by atoms with Crippen LogP contribution in [0.5, 0.6) is 5.75 Å². The Bertz CT molecular complexity index is 1580. The van der Waals surface area contributed by atoms with E-state index in [1.807, 2.05) is 48.5 Å². The molecule has 2 amide bonds. The molecule has 0 bridgehead atoms. The highest BCUT2D eigenvalue weighted by Gasteiger charge is 2.38. The highest BCUT2D eigenvalue weighted by molar-refractivity contribution is 5.97. The summed E-state index contributed by atoms with van der Waals surface area (Å²) in [6, 6.07) is 32.0. The van der Waals surface area contributed by atoms with Gasteiger partial charge in [-0.15, -0.1) is 0 Å². The van der Waals surface area contributed by atoms with Gasteiger partial charge in [-0.1, -0.05) is 72.8 Å². The Balaban J connectivity index is 0.000000707. The van der Waals surface area contributed by atoms with Crippen LogP contribution in [0.25, 0.3) is 0 Å². The molecule has 0 aliphatic carbocycles. The third-order valence-corrected chi connectivity index (χ3v) is 5.94. The maximum atomic E-state index is 13.3. The van der Waals surface area contributed by atoms with Gasteiger partial charge in [0, 0.05) is 12.1 Å². The van der Waals surface area contributed by atoms with Crippen LogP contribution in [0.3, 0.4) is 0 Å². The zero-order chi connectivity index (χ0) is 32.8. The minimum absolute atomic E-state index is 0.0282. The van der Waals surface area contributed by atoms with E-state index in [0.717, 1.165) is 11.1 Å². The minimum Gasteiger partial charge on any atom is -0.489 e. The molecular formula is C32H30F3N5O5. The van der Waals surface area contributed by atoms with E-state index in [1.54, 1.807) is 60.7 Å².